The van der Waals surface area contributed by atoms with Crippen LogP contribution in [0.3, 0.4) is 0 Å². The third kappa shape index (κ3) is 4.12. The van der Waals surface area contributed by atoms with Crippen LogP contribution in [-0.4, -0.2) is 48.6 Å². The lowest BCUT2D eigenvalue weighted by Gasteiger charge is -2.35. The zero-order chi connectivity index (χ0) is 14.5. The van der Waals surface area contributed by atoms with Gasteiger partial charge in [-0.15, -0.1) is 0 Å². The summed E-state index contributed by atoms with van der Waals surface area (Å²) in [6.07, 6.45) is 0. The molecule has 1 aromatic rings. The molecule has 2 rings (SSSR count). The summed E-state index contributed by atoms with van der Waals surface area (Å²) in [5.41, 5.74) is 0.670. The van der Waals surface area contributed by atoms with Crippen LogP contribution in [0.4, 0.5) is 10.5 Å². The number of benzene rings is 1. The number of amides is 2. The molecule has 0 unspecified atom stereocenters. The molecular weight excluding hydrogens is 274 g/mol. The molecule has 1 saturated heterocycles. The maximum Gasteiger partial charge on any atom is 0.321 e. The zero-order valence-electron chi connectivity index (χ0n) is 12.1. The van der Waals surface area contributed by atoms with E-state index < -0.39 is 0 Å². The summed E-state index contributed by atoms with van der Waals surface area (Å²) >= 11 is 6.05. The van der Waals surface area contributed by atoms with Crippen molar-refractivity contribution in [2.24, 2.45) is 5.92 Å². The van der Waals surface area contributed by atoms with Crippen molar-refractivity contribution in [1.82, 2.24) is 9.80 Å². The molecule has 2 amide bonds. The van der Waals surface area contributed by atoms with Crippen LogP contribution in [0.15, 0.2) is 24.3 Å². The van der Waals surface area contributed by atoms with Crippen LogP contribution >= 0.6 is 11.6 Å². The molecule has 1 aliphatic heterocycles. The Labute approximate surface area is 125 Å². The summed E-state index contributed by atoms with van der Waals surface area (Å²) in [5, 5.41) is 3.44. The van der Waals surface area contributed by atoms with Crippen LogP contribution in [0.1, 0.15) is 13.8 Å². The molecule has 1 aliphatic rings. The molecule has 0 aliphatic carbocycles. The fourth-order valence-corrected chi connectivity index (χ4v) is 2.59. The van der Waals surface area contributed by atoms with Crippen molar-refractivity contribution in [3.8, 4) is 0 Å². The molecule has 4 nitrogen and oxygen atoms in total. The number of piperazine rings is 1. The summed E-state index contributed by atoms with van der Waals surface area (Å²) in [7, 11) is 0. The third-order valence-electron chi connectivity index (χ3n) is 3.40. The molecule has 0 radical (unpaired) electrons. The van der Waals surface area contributed by atoms with Crippen LogP contribution in [0.2, 0.25) is 5.02 Å². The highest BCUT2D eigenvalue weighted by atomic mass is 35.5. The van der Waals surface area contributed by atoms with E-state index >= 15 is 0 Å². The fourth-order valence-electron chi connectivity index (χ4n) is 2.41. The van der Waals surface area contributed by atoms with E-state index in [0.29, 0.717) is 16.6 Å². The minimum atomic E-state index is -0.0673. The maximum atomic E-state index is 12.2. The SMILES string of the molecule is CC(C)CN1CCN(C(=O)Nc2ccccc2Cl)CC1. The number of nitrogens with one attached hydrogen (secondary N) is 1. The topological polar surface area (TPSA) is 35.6 Å². The van der Waals surface area contributed by atoms with E-state index in [9.17, 15) is 4.79 Å². The minimum Gasteiger partial charge on any atom is -0.322 e. The lowest BCUT2D eigenvalue weighted by Crippen LogP contribution is -2.50. The van der Waals surface area contributed by atoms with Gasteiger partial charge in [-0.25, -0.2) is 4.79 Å². The molecule has 20 heavy (non-hydrogen) atoms. The van der Waals surface area contributed by atoms with Gasteiger partial charge in [-0.3, -0.25) is 4.90 Å². The van der Waals surface area contributed by atoms with Gasteiger partial charge >= 0.3 is 6.03 Å². The number of nitrogens with zero attached hydrogens (tertiary/aromatic N) is 2. The van der Waals surface area contributed by atoms with Gasteiger partial charge < -0.3 is 10.2 Å². The van der Waals surface area contributed by atoms with Crippen molar-refractivity contribution in [2.75, 3.05) is 38.0 Å². The van der Waals surface area contributed by atoms with Crippen molar-refractivity contribution in [3.63, 3.8) is 0 Å². The molecule has 0 bridgehead atoms. The number of hydrogen-bond acceptors (Lipinski definition) is 2. The number of para-hydroxylation sites is 1. The van der Waals surface area contributed by atoms with E-state index in [1.807, 2.05) is 23.1 Å². The standard InChI is InChI=1S/C15H22ClN3O/c1-12(2)11-18-7-9-19(10-8-18)15(20)17-14-6-4-3-5-13(14)16/h3-6,12H,7-11H2,1-2H3,(H,17,20). The number of hydrogen-bond donors (Lipinski definition) is 1. The van der Waals surface area contributed by atoms with E-state index in [2.05, 4.69) is 24.1 Å². The van der Waals surface area contributed by atoms with E-state index in [1.54, 1.807) is 6.07 Å². The van der Waals surface area contributed by atoms with Crippen LogP contribution in [0.25, 0.3) is 0 Å². The number of carbonyl (C=O) groups is 1. The first-order valence-electron chi connectivity index (χ1n) is 7.09. The normalized spacial score (nSPS) is 16.5. The Balaban J connectivity index is 1.85. The van der Waals surface area contributed by atoms with Crippen LogP contribution < -0.4 is 5.32 Å². The van der Waals surface area contributed by atoms with Gasteiger partial charge in [-0.05, 0) is 18.1 Å². The number of urea groups is 1. The van der Waals surface area contributed by atoms with Crippen molar-refractivity contribution in [3.05, 3.63) is 29.3 Å². The second-order valence-corrected chi connectivity index (χ2v) is 6.00. The summed E-state index contributed by atoms with van der Waals surface area (Å²) in [6.45, 7) is 8.95. The number of anilines is 1. The highest BCUT2D eigenvalue weighted by Crippen LogP contribution is 2.21. The van der Waals surface area contributed by atoms with Crippen molar-refractivity contribution in [2.45, 2.75) is 13.8 Å². The maximum absolute atomic E-state index is 12.2. The van der Waals surface area contributed by atoms with Crippen molar-refractivity contribution >= 4 is 23.3 Å². The zero-order valence-corrected chi connectivity index (χ0v) is 12.9. The Kier molecular flexibility index (Phi) is 5.26. The smallest absolute Gasteiger partial charge is 0.321 e. The van der Waals surface area contributed by atoms with E-state index in [0.717, 1.165) is 32.7 Å². The van der Waals surface area contributed by atoms with E-state index in [1.165, 1.54) is 0 Å². The Bertz CT molecular complexity index is 456. The highest BCUT2D eigenvalue weighted by molar-refractivity contribution is 6.33. The fraction of sp³-hybridized carbons (Fsp3) is 0.533. The van der Waals surface area contributed by atoms with Crippen LogP contribution in [0.5, 0.6) is 0 Å². The molecule has 0 aromatic heterocycles. The van der Waals surface area contributed by atoms with Gasteiger partial charge in [0.15, 0.2) is 0 Å². The lowest BCUT2D eigenvalue weighted by molar-refractivity contribution is 0.138. The van der Waals surface area contributed by atoms with Gasteiger partial charge in [0, 0.05) is 32.7 Å². The van der Waals surface area contributed by atoms with Gasteiger partial charge in [0.2, 0.25) is 0 Å². The quantitative estimate of drug-likeness (QED) is 0.930. The predicted molar refractivity (Wildman–Crippen MR) is 83.3 cm³/mol. The summed E-state index contributed by atoms with van der Waals surface area (Å²) < 4.78 is 0. The van der Waals surface area contributed by atoms with Crippen molar-refractivity contribution in [1.29, 1.82) is 0 Å². The largest absolute Gasteiger partial charge is 0.322 e. The second-order valence-electron chi connectivity index (χ2n) is 5.59. The molecule has 5 heteroatoms. The van der Waals surface area contributed by atoms with Gasteiger partial charge in [-0.1, -0.05) is 37.6 Å². The summed E-state index contributed by atoms with van der Waals surface area (Å²) in [6, 6.07) is 7.24. The summed E-state index contributed by atoms with van der Waals surface area (Å²) in [4.78, 5) is 16.4. The first-order valence-corrected chi connectivity index (χ1v) is 7.47. The number of carbonyl (C=O) groups excluding carboxylic acids is 1. The molecule has 0 atom stereocenters. The molecule has 1 N–H and O–H groups in total. The molecule has 110 valence electrons. The molecule has 1 heterocycles. The minimum absolute atomic E-state index is 0.0673. The summed E-state index contributed by atoms with van der Waals surface area (Å²) in [5.74, 6) is 0.665. The molecule has 1 fully saturated rings. The first-order chi connectivity index (χ1) is 9.56. The number of halogens is 1. The van der Waals surface area contributed by atoms with E-state index in [-0.39, 0.29) is 6.03 Å². The Morgan fingerprint density at radius 2 is 1.90 bits per heavy atom. The lowest BCUT2D eigenvalue weighted by atomic mass is 10.2. The predicted octanol–water partition coefficient (Wildman–Crippen LogP) is 3.15. The Hall–Kier alpha value is -1.26. The Morgan fingerprint density at radius 1 is 1.25 bits per heavy atom. The van der Waals surface area contributed by atoms with Crippen molar-refractivity contribution < 1.29 is 4.79 Å². The average Bonchev–Trinajstić information content (AvgIpc) is 2.41. The van der Waals surface area contributed by atoms with Crippen LogP contribution in [-0.2, 0) is 0 Å². The molecule has 0 saturated carbocycles. The van der Waals surface area contributed by atoms with Gasteiger partial charge in [0.05, 0.1) is 10.7 Å². The number of rotatable bonds is 3. The highest BCUT2D eigenvalue weighted by Gasteiger charge is 2.21. The average molecular weight is 296 g/mol. The first kappa shape index (κ1) is 15.1. The third-order valence-corrected chi connectivity index (χ3v) is 3.73. The molecule has 0 spiro atoms. The molecular formula is C15H22ClN3O. The van der Waals surface area contributed by atoms with E-state index in [4.69, 9.17) is 11.6 Å². The monoisotopic (exact) mass is 295 g/mol. The second kappa shape index (κ2) is 6.95. The molecule has 1 aromatic carbocycles. The van der Waals surface area contributed by atoms with Crippen LogP contribution in [0, 0.1) is 5.92 Å². The van der Waals surface area contributed by atoms with Gasteiger partial charge in [-0.2, -0.15) is 0 Å². The Morgan fingerprint density at radius 3 is 2.50 bits per heavy atom. The van der Waals surface area contributed by atoms with Gasteiger partial charge in [0.25, 0.3) is 0 Å². The van der Waals surface area contributed by atoms with Gasteiger partial charge in [0.1, 0.15) is 0 Å².